The van der Waals surface area contributed by atoms with Gasteiger partial charge in [-0.05, 0) is 18.4 Å². The van der Waals surface area contributed by atoms with Crippen LogP contribution in [0, 0.1) is 5.92 Å². The van der Waals surface area contributed by atoms with Gasteiger partial charge < -0.3 is 5.73 Å². The number of nitrogens with zero attached hydrogens (tertiary/aromatic N) is 1. The molecule has 0 radical (unpaired) electrons. The number of hydrogen-bond donors (Lipinski definition) is 1. The lowest BCUT2D eigenvalue weighted by Crippen LogP contribution is -2.15. The van der Waals surface area contributed by atoms with Crippen molar-refractivity contribution < 1.29 is 0 Å². The molecule has 14 heavy (non-hydrogen) atoms. The van der Waals surface area contributed by atoms with E-state index in [1.807, 2.05) is 0 Å². The van der Waals surface area contributed by atoms with Crippen LogP contribution in [0.5, 0.6) is 0 Å². The molecule has 1 aromatic heterocycles. The molecule has 2 N–H and O–H groups in total. The Bertz CT molecular complexity index is 264. The average Bonchev–Trinajstić information content (AvgIpc) is 2.62. The zero-order valence-electron chi connectivity index (χ0n) is 9.29. The second-order valence-corrected chi connectivity index (χ2v) is 4.98. The summed E-state index contributed by atoms with van der Waals surface area (Å²) >= 11 is 1.77. The molecule has 0 amide bonds. The summed E-state index contributed by atoms with van der Waals surface area (Å²) in [5.74, 6) is 1.14. The number of nitrogens with two attached hydrogens (primary N) is 1. The van der Waals surface area contributed by atoms with Gasteiger partial charge in [-0.25, -0.2) is 4.98 Å². The van der Waals surface area contributed by atoms with Crippen LogP contribution in [-0.2, 0) is 6.42 Å². The highest BCUT2D eigenvalue weighted by molar-refractivity contribution is 7.09. The Morgan fingerprint density at radius 3 is 2.64 bits per heavy atom. The van der Waals surface area contributed by atoms with Crippen LogP contribution >= 0.6 is 11.3 Å². The van der Waals surface area contributed by atoms with E-state index in [-0.39, 0.29) is 0 Å². The summed E-state index contributed by atoms with van der Waals surface area (Å²) in [6.45, 7) is 7.32. The molecule has 80 valence electrons. The molecule has 1 rings (SSSR count). The van der Waals surface area contributed by atoms with Crippen LogP contribution < -0.4 is 5.73 Å². The van der Waals surface area contributed by atoms with Gasteiger partial charge in [0.05, 0.1) is 10.7 Å². The fourth-order valence-electron chi connectivity index (χ4n) is 1.33. The highest BCUT2D eigenvalue weighted by Crippen LogP contribution is 2.20. The number of hydrogen-bond acceptors (Lipinski definition) is 3. The van der Waals surface area contributed by atoms with Gasteiger partial charge in [-0.2, -0.15) is 0 Å². The van der Waals surface area contributed by atoms with E-state index >= 15 is 0 Å². The molecule has 0 saturated heterocycles. The third-order valence-corrected chi connectivity index (χ3v) is 3.42. The van der Waals surface area contributed by atoms with Gasteiger partial charge in [-0.15, -0.1) is 11.3 Å². The molecule has 0 aromatic carbocycles. The van der Waals surface area contributed by atoms with Crippen LogP contribution in [-0.4, -0.2) is 11.5 Å². The Hall–Kier alpha value is -0.410. The lowest BCUT2D eigenvalue weighted by molar-refractivity contribution is 0.516. The Kier molecular flexibility index (Phi) is 4.55. The normalized spacial score (nSPS) is 13.5. The molecule has 1 atom stereocenters. The molecule has 0 aliphatic rings. The maximum atomic E-state index is 5.67. The molecule has 0 spiro atoms. The quantitative estimate of drug-likeness (QED) is 0.815. The Balaban J connectivity index is 2.58. The van der Waals surface area contributed by atoms with Gasteiger partial charge >= 0.3 is 0 Å². The molecule has 0 bridgehead atoms. The van der Waals surface area contributed by atoms with E-state index in [0.29, 0.717) is 11.8 Å². The van der Waals surface area contributed by atoms with E-state index in [1.54, 1.807) is 11.3 Å². The lowest BCUT2D eigenvalue weighted by Gasteiger charge is -2.08. The van der Waals surface area contributed by atoms with Gasteiger partial charge in [-0.1, -0.05) is 27.2 Å². The molecular weight excluding hydrogens is 192 g/mol. The summed E-state index contributed by atoms with van der Waals surface area (Å²) in [6, 6.07) is 0. The van der Waals surface area contributed by atoms with Gasteiger partial charge in [-0.3, -0.25) is 0 Å². The molecule has 0 aliphatic carbocycles. The maximum absolute atomic E-state index is 5.67. The Labute approximate surface area is 90.6 Å². The standard InChI is InChI=1S/C11H20N2S/c1-4-9(6-12)5-11-13-10(7-14-11)8(2)3/h7-9H,4-6,12H2,1-3H3. The fraction of sp³-hybridized carbons (Fsp3) is 0.727. The molecule has 2 nitrogen and oxygen atoms in total. The monoisotopic (exact) mass is 212 g/mol. The van der Waals surface area contributed by atoms with E-state index in [1.165, 1.54) is 10.7 Å². The first-order valence-corrected chi connectivity index (χ1v) is 6.19. The second kappa shape index (κ2) is 5.47. The van der Waals surface area contributed by atoms with Gasteiger partial charge in [0.1, 0.15) is 0 Å². The number of aromatic nitrogens is 1. The maximum Gasteiger partial charge on any atom is 0.0931 e. The van der Waals surface area contributed by atoms with Gasteiger partial charge in [0, 0.05) is 11.8 Å². The Morgan fingerprint density at radius 2 is 2.21 bits per heavy atom. The first-order chi connectivity index (χ1) is 6.67. The SMILES string of the molecule is CCC(CN)Cc1nc(C(C)C)cs1. The van der Waals surface area contributed by atoms with E-state index in [9.17, 15) is 0 Å². The second-order valence-electron chi connectivity index (χ2n) is 4.03. The van der Waals surface area contributed by atoms with Crippen LogP contribution in [0.4, 0.5) is 0 Å². The molecule has 0 aliphatic heterocycles. The van der Waals surface area contributed by atoms with Crippen molar-refractivity contribution in [2.45, 2.75) is 39.5 Å². The first-order valence-electron chi connectivity index (χ1n) is 5.31. The Morgan fingerprint density at radius 1 is 1.50 bits per heavy atom. The van der Waals surface area contributed by atoms with Crippen molar-refractivity contribution in [1.82, 2.24) is 4.98 Å². The predicted octanol–water partition coefficient (Wildman–Crippen LogP) is 2.79. The van der Waals surface area contributed by atoms with E-state index in [2.05, 4.69) is 31.1 Å². The zero-order chi connectivity index (χ0) is 10.6. The summed E-state index contributed by atoms with van der Waals surface area (Å²) in [4.78, 5) is 4.61. The van der Waals surface area contributed by atoms with E-state index in [0.717, 1.165) is 19.4 Å². The predicted molar refractivity (Wildman–Crippen MR) is 62.7 cm³/mol. The summed E-state index contributed by atoms with van der Waals surface area (Å²) in [7, 11) is 0. The first kappa shape index (κ1) is 11.7. The number of thiazole rings is 1. The van der Waals surface area contributed by atoms with Gasteiger partial charge in [0.15, 0.2) is 0 Å². The minimum absolute atomic E-state index is 0.540. The lowest BCUT2D eigenvalue weighted by atomic mass is 10.0. The molecule has 1 aromatic rings. The third kappa shape index (κ3) is 3.07. The van der Waals surface area contributed by atoms with Crippen molar-refractivity contribution >= 4 is 11.3 Å². The molecule has 0 saturated carbocycles. The van der Waals surface area contributed by atoms with Crippen molar-refractivity contribution in [3.63, 3.8) is 0 Å². The molecule has 1 heterocycles. The topological polar surface area (TPSA) is 38.9 Å². The minimum Gasteiger partial charge on any atom is -0.330 e. The van der Waals surface area contributed by atoms with Crippen molar-refractivity contribution in [2.75, 3.05) is 6.54 Å². The van der Waals surface area contributed by atoms with Crippen LogP contribution in [0.15, 0.2) is 5.38 Å². The van der Waals surface area contributed by atoms with Crippen molar-refractivity contribution in [1.29, 1.82) is 0 Å². The highest BCUT2D eigenvalue weighted by atomic mass is 32.1. The van der Waals surface area contributed by atoms with Crippen LogP contribution in [0.3, 0.4) is 0 Å². The van der Waals surface area contributed by atoms with E-state index < -0.39 is 0 Å². The number of rotatable bonds is 5. The summed E-state index contributed by atoms with van der Waals surface area (Å²) in [5, 5.41) is 3.41. The largest absolute Gasteiger partial charge is 0.330 e. The molecule has 3 heteroatoms. The summed E-state index contributed by atoms with van der Waals surface area (Å²) in [6.07, 6.45) is 2.19. The average molecular weight is 212 g/mol. The van der Waals surface area contributed by atoms with Crippen LogP contribution in [0.2, 0.25) is 0 Å². The van der Waals surface area contributed by atoms with Crippen LogP contribution in [0.1, 0.15) is 43.8 Å². The van der Waals surface area contributed by atoms with Crippen molar-refractivity contribution in [3.8, 4) is 0 Å². The van der Waals surface area contributed by atoms with E-state index in [4.69, 9.17) is 5.73 Å². The van der Waals surface area contributed by atoms with Gasteiger partial charge in [0.2, 0.25) is 0 Å². The molecule has 1 unspecified atom stereocenters. The minimum atomic E-state index is 0.540. The highest BCUT2D eigenvalue weighted by Gasteiger charge is 2.10. The van der Waals surface area contributed by atoms with Crippen molar-refractivity contribution in [3.05, 3.63) is 16.1 Å². The summed E-state index contributed by atoms with van der Waals surface area (Å²) < 4.78 is 0. The van der Waals surface area contributed by atoms with Crippen molar-refractivity contribution in [2.24, 2.45) is 11.7 Å². The molecule has 0 fully saturated rings. The van der Waals surface area contributed by atoms with Gasteiger partial charge in [0.25, 0.3) is 0 Å². The summed E-state index contributed by atoms with van der Waals surface area (Å²) in [5.41, 5.74) is 6.89. The van der Waals surface area contributed by atoms with Crippen LogP contribution in [0.25, 0.3) is 0 Å². The smallest absolute Gasteiger partial charge is 0.0931 e. The zero-order valence-corrected chi connectivity index (χ0v) is 10.1. The third-order valence-electron chi connectivity index (χ3n) is 2.54. The molecular formula is C11H20N2S. The fourth-order valence-corrected chi connectivity index (χ4v) is 2.40.